The molecule has 11 nitrogen and oxygen atoms in total. The van der Waals surface area contributed by atoms with Crippen LogP contribution in [0.15, 0.2) is 71.7 Å². The molecule has 0 saturated carbocycles. The Hall–Kier alpha value is -4.84. The molecule has 1 saturated heterocycles. The monoisotopic (exact) mass is 591 g/mol. The number of carboxylic acids is 1. The van der Waals surface area contributed by atoms with Gasteiger partial charge in [0.05, 0.1) is 44.2 Å². The van der Waals surface area contributed by atoms with Crippen molar-refractivity contribution < 1.29 is 38.5 Å². The van der Waals surface area contributed by atoms with Crippen molar-refractivity contribution in [2.75, 3.05) is 26.1 Å². The molecule has 1 fully saturated rings. The van der Waals surface area contributed by atoms with Gasteiger partial charge in [-0.2, -0.15) is 0 Å². The van der Waals surface area contributed by atoms with Crippen LogP contribution < -0.4 is 14.8 Å². The molecule has 0 radical (unpaired) electrons. The molecule has 0 aliphatic carbocycles. The van der Waals surface area contributed by atoms with Gasteiger partial charge in [0.1, 0.15) is 5.25 Å². The number of hydrogen-bond donors (Lipinski definition) is 2. The summed E-state index contributed by atoms with van der Waals surface area (Å²) in [4.78, 5) is 55.7. The molecule has 1 aliphatic rings. The van der Waals surface area contributed by atoms with Crippen LogP contribution in [0.2, 0.25) is 0 Å². The highest BCUT2D eigenvalue weighted by Gasteiger charge is 2.39. The van der Waals surface area contributed by atoms with Crippen LogP contribution in [0.25, 0.3) is 0 Å². The third kappa shape index (κ3) is 7.26. The Morgan fingerprint density at radius 2 is 1.62 bits per heavy atom. The van der Waals surface area contributed by atoms with Crippen LogP contribution in [-0.4, -0.2) is 65.0 Å². The third-order valence-electron chi connectivity index (χ3n) is 6.20. The first kappa shape index (κ1) is 30.1. The Kier molecular flexibility index (Phi) is 9.81. The van der Waals surface area contributed by atoms with Crippen LogP contribution in [0.1, 0.15) is 39.6 Å². The maximum Gasteiger partial charge on any atom is 0.338 e. The van der Waals surface area contributed by atoms with E-state index in [-0.39, 0.29) is 31.0 Å². The smallest absolute Gasteiger partial charge is 0.338 e. The van der Waals surface area contributed by atoms with E-state index >= 15 is 0 Å². The van der Waals surface area contributed by atoms with E-state index < -0.39 is 23.1 Å². The highest BCUT2D eigenvalue weighted by atomic mass is 32.2. The number of aliphatic imine (C=N–C) groups is 1. The summed E-state index contributed by atoms with van der Waals surface area (Å²) in [5.74, 6) is -1.17. The molecule has 1 heterocycles. The minimum Gasteiger partial charge on any atom is -0.493 e. The van der Waals surface area contributed by atoms with Gasteiger partial charge in [0.2, 0.25) is 11.8 Å². The average Bonchev–Trinajstić information content (AvgIpc) is 3.26. The highest BCUT2D eigenvalue weighted by molar-refractivity contribution is 8.15. The number of methoxy groups -OCH3 is 2. The summed E-state index contributed by atoms with van der Waals surface area (Å²) >= 11 is 1.16. The van der Waals surface area contributed by atoms with Gasteiger partial charge in [-0.25, -0.2) is 14.6 Å². The number of anilines is 1. The van der Waals surface area contributed by atoms with Crippen molar-refractivity contribution in [3.05, 3.63) is 83.4 Å². The number of ether oxygens (including phenoxy) is 3. The predicted octanol–water partition coefficient (Wildman–Crippen LogP) is 4.74. The number of nitrogens with one attached hydrogen (secondary N) is 1. The van der Waals surface area contributed by atoms with Gasteiger partial charge in [0.15, 0.2) is 16.7 Å². The number of carboxylic acid groups (broad SMARTS) is 1. The molecule has 0 spiro atoms. The second-order valence-electron chi connectivity index (χ2n) is 9.02. The third-order valence-corrected chi connectivity index (χ3v) is 7.37. The Balaban J connectivity index is 1.56. The van der Waals surface area contributed by atoms with Crippen LogP contribution in [-0.2, 0) is 20.9 Å². The molecule has 12 heteroatoms. The molecule has 2 amide bonds. The Morgan fingerprint density at radius 1 is 0.952 bits per heavy atom. The second-order valence-corrected chi connectivity index (χ2v) is 10.2. The van der Waals surface area contributed by atoms with Crippen molar-refractivity contribution in [2.45, 2.75) is 25.1 Å². The number of hydrogen-bond acceptors (Lipinski definition) is 9. The quantitative estimate of drug-likeness (QED) is 0.302. The zero-order chi connectivity index (χ0) is 30.2. The SMILES string of the molecule is CCOC(=O)c1ccc(N=C2S[C@@H](CC(=O)Nc3ccc(C(=O)O)cc3)C(=O)N2Cc2ccc(OC)c(OC)c2)cc1. The fourth-order valence-corrected chi connectivity index (χ4v) is 5.26. The van der Waals surface area contributed by atoms with Gasteiger partial charge in [-0.3, -0.25) is 14.5 Å². The second kappa shape index (κ2) is 13.7. The first-order chi connectivity index (χ1) is 20.2. The van der Waals surface area contributed by atoms with Gasteiger partial charge < -0.3 is 24.6 Å². The summed E-state index contributed by atoms with van der Waals surface area (Å²) in [5.41, 5.74) is 2.16. The van der Waals surface area contributed by atoms with E-state index in [1.807, 2.05) is 6.07 Å². The van der Waals surface area contributed by atoms with Crippen molar-refractivity contribution >= 4 is 52.1 Å². The number of nitrogens with zero attached hydrogens (tertiary/aromatic N) is 2. The predicted molar refractivity (Wildman–Crippen MR) is 158 cm³/mol. The van der Waals surface area contributed by atoms with Crippen molar-refractivity contribution in [3.8, 4) is 11.5 Å². The lowest BCUT2D eigenvalue weighted by Crippen LogP contribution is -2.33. The summed E-state index contributed by atoms with van der Waals surface area (Å²) in [6, 6.07) is 17.6. The summed E-state index contributed by atoms with van der Waals surface area (Å²) in [6.07, 6.45) is -0.132. The minimum absolute atomic E-state index is 0.0940. The first-order valence-corrected chi connectivity index (χ1v) is 13.8. The highest BCUT2D eigenvalue weighted by Crippen LogP contribution is 2.35. The number of carbonyl (C=O) groups is 4. The van der Waals surface area contributed by atoms with E-state index in [2.05, 4.69) is 10.3 Å². The zero-order valence-corrected chi connectivity index (χ0v) is 24.0. The maximum absolute atomic E-state index is 13.6. The molecule has 1 atom stereocenters. The van der Waals surface area contributed by atoms with E-state index in [4.69, 9.17) is 19.3 Å². The van der Waals surface area contributed by atoms with E-state index in [0.717, 1.165) is 17.3 Å². The molecule has 0 unspecified atom stereocenters. The van der Waals surface area contributed by atoms with E-state index in [0.29, 0.717) is 33.6 Å². The van der Waals surface area contributed by atoms with Crippen LogP contribution >= 0.6 is 11.8 Å². The van der Waals surface area contributed by atoms with Gasteiger partial charge in [-0.1, -0.05) is 17.8 Å². The normalized spacial score (nSPS) is 15.4. The summed E-state index contributed by atoms with van der Waals surface area (Å²) in [6.45, 7) is 2.15. The molecule has 218 valence electrons. The molecule has 0 bridgehead atoms. The van der Waals surface area contributed by atoms with E-state index in [9.17, 15) is 19.2 Å². The number of esters is 1. The van der Waals surface area contributed by atoms with Crippen molar-refractivity contribution in [1.29, 1.82) is 0 Å². The topological polar surface area (TPSA) is 144 Å². The average molecular weight is 592 g/mol. The van der Waals surface area contributed by atoms with E-state index in [1.54, 1.807) is 43.3 Å². The van der Waals surface area contributed by atoms with Gasteiger partial charge in [0, 0.05) is 12.1 Å². The fourth-order valence-electron chi connectivity index (χ4n) is 4.11. The Bertz CT molecular complexity index is 1510. The molecule has 0 aromatic heterocycles. The summed E-state index contributed by atoms with van der Waals surface area (Å²) in [7, 11) is 3.06. The summed E-state index contributed by atoms with van der Waals surface area (Å²) < 4.78 is 15.7. The van der Waals surface area contributed by atoms with Crippen molar-refractivity contribution in [3.63, 3.8) is 0 Å². The first-order valence-electron chi connectivity index (χ1n) is 12.9. The molecular weight excluding hydrogens is 562 g/mol. The molecule has 4 rings (SSSR count). The fraction of sp³-hybridized carbons (Fsp3) is 0.233. The molecule has 3 aromatic carbocycles. The number of carbonyl (C=O) groups excluding carboxylic acids is 3. The van der Waals surface area contributed by atoms with Crippen molar-refractivity contribution in [1.82, 2.24) is 4.90 Å². The number of aromatic carboxylic acids is 1. The van der Waals surface area contributed by atoms with Crippen LogP contribution in [0.4, 0.5) is 11.4 Å². The molecule has 3 aromatic rings. The van der Waals surface area contributed by atoms with Crippen LogP contribution in [0.5, 0.6) is 11.5 Å². The van der Waals surface area contributed by atoms with Gasteiger partial charge in [-0.05, 0) is 73.2 Å². The largest absolute Gasteiger partial charge is 0.493 e. The number of benzene rings is 3. The molecule has 2 N–H and O–H groups in total. The lowest BCUT2D eigenvalue weighted by Gasteiger charge is -2.18. The molecule has 1 aliphatic heterocycles. The molecular formula is C30H29N3O8S. The lowest BCUT2D eigenvalue weighted by atomic mass is 10.1. The van der Waals surface area contributed by atoms with Gasteiger partial charge in [-0.15, -0.1) is 0 Å². The van der Waals surface area contributed by atoms with Gasteiger partial charge >= 0.3 is 11.9 Å². The zero-order valence-electron chi connectivity index (χ0n) is 23.2. The standard InChI is InChI=1S/C30H29N3O8S/c1-4-41-29(38)20-8-12-22(13-9-20)32-30-33(17-18-5-14-23(39-2)24(15-18)40-3)27(35)25(42-30)16-26(34)31-21-10-6-19(7-11-21)28(36)37/h5-15,25H,4,16-17H2,1-3H3,(H,31,34)(H,36,37)/t25-/m0/s1. The lowest BCUT2D eigenvalue weighted by molar-refractivity contribution is -0.128. The van der Waals surface area contributed by atoms with Crippen molar-refractivity contribution in [2.24, 2.45) is 4.99 Å². The maximum atomic E-state index is 13.6. The Morgan fingerprint density at radius 3 is 2.24 bits per heavy atom. The number of amidine groups is 1. The number of amides is 2. The van der Waals surface area contributed by atoms with Crippen LogP contribution in [0, 0.1) is 0 Å². The van der Waals surface area contributed by atoms with Crippen LogP contribution in [0.3, 0.4) is 0 Å². The molecule has 42 heavy (non-hydrogen) atoms. The summed E-state index contributed by atoms with van der Waals surface area (Å²) in [5, 5.41) is 11.4. The number of rotatable bonds is 11. The number of thioether (sulfide) groups is 1. The Labute approximate surface area is 246 Å². The minimum atomic E-state index is -1.07. The van der Waals surface area contributed by atoms with E-state index in [1.165, 1.54) is 43.4 Å². The van der Waals surface area contributed by atoms with Gasteiger partial charge in [0.25, 0.3) is 0 Å².